The fraction of sp³-hybridized carbons (Fsp3) is 0.696. The standard InChI is InChI=1S/C23H39N5/c1-18-16-22(27(3)4)11-10-19(18)17-25-23(24-2)26-20-12-14-28(15-13-20)21-8-6-5-7-9-21/h10-11,16,20-21H,5-9,12-15,17H2,1-4H3,(H2,24,25,26). The Hall–Kier alpha value is -1.75. The highest BCUT2D eigenvalue weighted by Crippen LogP contribution is 2.25. The summed E-state index contributed by atoms with van der Waals surface area (Å²) in [5, 5.41) is 7.16. The molecule has 0 unspecified atom stereocenters. The molecule has 2 N–H and O–H groups in total. The van der Waals surface area contributed by atoms with Crippen molar-refractivity contribution in [3.8, 4) is 0 Å². The van der Waals surface area contributed by atoms with Crippen LogP contribution in [0.15, 0.2) is 23.2 Å². The predicted octanol–water partition coefficient (Wildman–Crippen LogP) is 3.52. The van der Waals surface area contributed by atoms with E-state index in [1.165, 1.54) is 74.8 Å². The van der Waals surface area contributed by atoms with Gasteiger partial charge in [-0.2, -0.15) is 0 Å². The number of benzene rings is 1. The maximum absolute atomic E-state index is 4.45. The summed E-state index contributed by atoms with van der Waals surface area (Å²) in [5.41, 5.74) is 3.88. The molecule has 1 saturated heterocycles. The summed E-state index contributed by atoms with van der Waals surface area (Å²) in [7, 11) is 6.03. The Morgan fingerprint density at radius 3 is 2.43 bits per heavy atom. The molecule has 1 saturated carbocycles. The van der Waals surface area contributed by atoms with Crippen LogP contribution in [0.3, 0.4) is 0 Å². The molecule has 0 radical (unpaired) electrons. The summed E-state index contributed by atoms with van der Waals surface area (Å²) < 4.78 is 0. The summed E-state index contributed by atoms with van der Waals surface area (Å²) in [5.74, 6) is 0.923. The highest BCUT2D eigenvalue weighted by Gasteiger charge is 2.26. The SMILES string of the molecule is CN=C(NCc1ccc(N(C)C)cc1C)NC1CCN(C2CCCCC2)CC1. The number of nitrogens with one attached hydrogen (secondary N) is 2. The third-order valence-electron chi connectivity index (χ3n) is 6.47. The molecule has 0 bridgehead atoms. The van der Waals surface area contributed by atoms with Crippen LogP contribution in [-0.2, 0) is 6.54 Å². The molecular weight excluding hydrogens is 346 g/mol. The van der Waals surface area contributed by atoms with Gasteiger partial charge in [0.25, 0.3) is 0 Å². The summed E-state index contributed by atoms with van der Waals surface area (Å²) in [6.07, 6.45) is 9.54. The number of guanidine groups is 1. The normalized spacial score (nSPS) is 20.2. The van der Waals surface area contributed by atoms with Gasteiger partial charge in [-0.25, -0.2) is 0 Å². The number of hydrogen-bond donors (Lipinski definition) is 2. The second-order valence-corrected chi connectivity index (χ2v) is 8.68. The first-order chi connectivity index (χ1) is 13.6. The van der Waals surface area contributed by atoms with Crippen LogP contribution in [0.5, 0.6) is 0 Å². The van der Waals surface area contributed by atoms with Crippen molar-refractivity contribution in [2.24, 2.45) is 4.99 Å². The van der Waals surface area contributed by atoms with Gasteiger partial charge in [-0.1, -0.05) is 25.3 Å². The topological polar surface area (TPSA) is 42.9 Å². The minimum absolute atomic E-state index is 0.531. The molecule has 1 aromatic carbocycles. The molecule has 0 amide bonds. The fourth-order valence-electron chi connectivity index (χ4n) is 4.58. The second-order valence-electron chi connectivity index (χ2n) is 8.68. The van der Waals surface area contributed by atoms with E-state index in [1.807, 2.05) is 7.05 Å². The van der Waals surface area contributed by atoms with Crippen molar-refractivity contribution in [2.45, 2.75) is 70.5 Å². The number of aryl methyl sites for hydroxylation is 1. The van der Waals surface area contributed by atoms with Gasteiger partial charge in [0.1, 0.15) is 0 Å². The summed E-state index contributed by atoms with van der Waals surface area (Å²) >= 11 is 0. The molecule has 5 heteroatoms. The van der Waals surface area contributed by atoms with Crippen LogP contribution in [-0.4, -0.2) is 57.2 Å². The molecule has 28 heavy (non-hydrogen) atoms. The maximum atomic E-state index is 4.45. The molecule has 2 fully saturated rings. The van der Waals surface area contributed by atoms with Gasteiger partial charge in [0.2, 0.25) is 0 Å². The van der Waals surface area contributed by atoms with Crippen LogP contribution >= 0.6 is 0 Å². The Balaban J connectivity index is 1.45. The lowest BCUT2D eigenvalue weighted by molar-refractivity contribution is 0.119. The maximum Gasteiger partial charge on any atom is 0.191 e. The zero-order chi connectivity index (χ0) is 19.9. The van der Waals surface area contributed by atoms with Crippen LogP contribution in [0.2, 0.25) is 0 Å². The van der Waals surface area contributed by atoms with Gasteiger partial charge in [-0.05, 0) is 55.9 Å². The molecule has 1 aliphatic carbocycles. The minimum atomic E-state index is 0.531. The van der Waals surface area contributed by atoms with Gasteiger partial charge in [0.15, 0.2) is 5.96 Å². The average molecular weight is 386 g/mol. The average Bonchev–Trinajstić information content (AvgIpc) is 2.72. The number of piperidine rings is 1. The number of likely N-dealkylation sites (tertiary alicyclic amines) is 1. The van der Waals surface area contributed by atoms with E-state index in [0.717, 1.165) is 18.5 Å². The van der Waals surface area contributed by atoms with Gasteiger partial charge >= 0.3 is 0 Å². The second kappa shape index (κ2) is 10.1. The third-order valence-corrected chi connectivity index (χ3v) is 6.47. The van der Waals surface area contributed by atoms with Crippen LogP contribution in [0, 0.1) is 6.92 Å². The quantitative estimate of drug-likeness (QED) is 0.601. The Morgan fingerprint density at radius 1 is 1.11 bits per heavy atom. The van der Waals surface area contributed by atoms with Gasteiger partial charge in [-0.15, -0.1) is 0 Å². The molecule has 156 valence electrons. The van der Waals surface area contributed by atoms with Crippen LogP contribution < -0.4 is 15.5 Å². The predicted molar refractivity (Wildman–Crippen MR) is 120 cm³/mol. The van der Waals surface area contributed by atoms with E-state index in [2.05, 4.69) is 64.6 Å². The van der Waals surface area contributed by atoms with Crippen molar-refractivity contribution in [2.75, 3.05) is 39.1 Å². The lowest BCUT2D eigenvalue weighted by atomic mass is 9.92. The van der Waals surface area contributed by atoms with E-state index in [4.69, 9.17) is 0 Å². The molecule has 2 aliphatic rings. The summed E-state index contributed by atoms with van der Waals surface area (Å²) in [6, 6.07) is 8.02. The highest BCUT2D eigenvalue weighted by molar-refractivity contribution is 5.80. The van der Waals surface area contributed by atoms with E-state index >= 15 is 0 Å². The van der Waals surface area contributed by atoms with Crippen LogP contribution in [0.4, 0.5) is 5.69 Å². The molecule has 0 aromatic heterocycles. The van der Waals surface area contributed by atoms with Crippen molar-refractivity contribution < 1.29 is 0 Å². The van der Waals surface area contributed by atoms with Crippen LogP contribution in [0.25, 0.3) is 0 Å². The van der Waals surface area contributed by atoms with Crippen molar-refractivity contribution >= 4 is 11.6 Å². The molecular formula is C23H39N5. The summed E-state index contributed by atoms with van der Waals surface area (Å²) in [6.45, 7) is 5.44. The molecule has 5 nitrogen and oxygen atoms in total. The Kier molecular flexibility index (Phi) is 7.60. The molecule has 0 spiro atoms. The molecule has 3 rings (SSSR count). The zero-order valence-electron chi connectivity index (χ0n) is 18.3. The van der Waals surface area contributed by atoms with E-state index in [9.17, 15) is 0 Å². The Labute approximate surface area is 171 Å². The Bertz CT molecular complexity index is 640. The number of hydrogen-bond acceptors (Lipinski definition) is 3. The smallest absolute Gasteiger partial charge is 0.191 e. The largest absolute Gasteiger partial charge is 0.378 e. The van der Waals surface area contributed by atoms with E-state index in [0.29, 0.717) is 6.04 Å². The molecule has 1 heterocycles. The lowest BCUT2D eigenvalue weighted by Gasteiger charge is -2.39. The lowest BCUT2D eigenvalue weighted by Crippen LogP contribution is -2.50. The van der Waals surface area contributed by atoms with Crippen LogP contribution in [0.1, 0.15) is 56.1 Å². The zero-order valence-corrected chi connectivity index (χ0v) is 18.3. The van der Waals surface area contributed by atoms with E-state index in [1.54, 1.807) is 0 Å². The van der Waals surface area contributed by atoms with Crippen molar-refractivity contribution in [1.82, 2.24) is 15.5 Å². The van der Waals surface area contributed by atoms with E-state index < -0.39 is 0 Å². The first-order valence-electron chi connectivity index (χ1n) is 11.0. The summed E-state index contributed by atoms with van der Waals surface area (Å²) in [4.78, 5) is 9.34. The number of rotatable bonds is 5. The number of aliphatic imine (C=N–C) groups is 1. The van der Waals surface area contributed by atoms with Crippen molar-refractivity contribution in [1.29, 1.82) is 0 Å². The first kappa shape index (κ1) is 21.0. The van der Waals surface area contributed by atoms with Crippen molar-refractivity contribution in [3.63, 3.8) is 0 Å². The number of nitrogens with zero attached hydrogens (tertiary/aromatic N) is 3. The fourth-order valence-corrected chi connectivity index (χ4v) is 4.58. The molecule has 1 aromatic rings. The Morgan fingerprint density at radius 2 is 1.82 bits per heavy atom. The first-order valence-corrected chi connectivity index (χ1v) is 11.0. The minimum Gasteiger partial charge on any atom is -0.378 e. The highest BCUT2D eigenvalue weighted by atomic mass is 15.2. The monoisotopic (exact) mass is 385 g/mol. The van der Waals surface area contributed by atoms with Gasteiger partial charge in [0, 0.05) is 58.5 Å². The van der Waals surface area contributed by atoms with Gasteiger partial charge in [0.05, 0.1) is 0 Å². The molecule has 0 atom stereocenters. The molecule has 1 aliphatic heterocycles. The van der Waals surface area contributed by atoms with Gasteiger partial charge < -0.3 is 20.4 Å². The number of anilines is 1. The van der Waals surface area contributed by atoms with E-state index in [-0.39, 0.29) is 0 Å². The van der Waals surface area contributed by atoms with Gasteiger partial charge in [-0.3, -0.25) is 4.99 Å². The van der Waals surface area contributed by atoms with Crippen molar-refractivity contribution in [3.05, 3.63) is 29.3 Å². The third kappa shape index (κ3) is 5.63.